The summed E-state index contributed by atoms with van der Waals surface area (Å²) in [5.41, 5.74) is 12.7. The summed E-state index contributed by atoms with van der Waals surface area (Å²) in [5, 5.41) is 0. The van der Waals surface area contributed by atoms with Gasteiger partial charge in [0.15, 0.2) is 0 Å². The van der Waals surface area contributed by atoms with Crippen LogP contribution in [0.2, 0.25) is 0 Å². The minimum atomic E-state index is 0.250. The molecule has 0 amide bonds. The Hall–Kier alpha value is -1.36. The quantitative estimate of drug-likeness (QED) is 0.809. The van der Waals surface area contributed by atoms with Crippen molar-refractivity contribution in [1.29, 1.82) is 0 Å². The second-order valence-electron chi connectivity index (χ2n) is 5.17. The summed E-state index contributed by atoms with van der Waals surface area (Å²) in [4.78, 5) is 10.8. The Morgan fingerprint density at radius 2 is 2.24 bits per heavy atom. The molecule has 94 valence electrons. The monoisotopic (exact) mass is 235 g/mol. The maximum absolute atomic E-state index is 5.90. The molecular formula is C12H21N5. The van der Waals surface area contributed by atoms with Crippen molar-refractivity contribution < 1.29 is 0 Å². The number of nitrogens with two attached hydrogens (primary N) is 2. The Bertz CT molecular complexity index is 390. The summed E-state index contributed by atoms with van der Waals surface area (Å²) in [7, 11) is 0. The molecule has 1 aromatic rings. The standard InChI is InChI=1S/C12H21N5/c1-8(2)5-10-6-11(16-12(14)15-10)17-4-3-9(13)7-17/h6,8-9H,3-5,7,13H2,1-2H3,(H2,14,15,16). The lowest BCUT2D eigenvalue weighted by Crippen LogP contribution is -2.27. The van der Waals surface area contributed by atoms with Crippen LogP contribution in [0.15, 0.2) is 6.07 Å². The smallest absolute Gasteiger partial charge is 0.222 e. The highest BCUT2D eigenvalue weighted by Gasteiger charge is 2.21. The zero-order valence-corrected chi connectivity index (χ0v) is 10.6. The molecule has 5 heteroatoms. The van der Waals surface area contributed by atoms with Crippen LogP contribution >= 0.6 is 0 Å². The number of anilines is 2. The minimum Gasteiger partial charge on any atom is -0.368 e. The number of hydrogen-bond acceptors (Lipinski definition) is 5. The van der Waals surface area contributed by atoms with Gasteiger partial charge in [0.2, 0.25) is 5.95 Å². The van der Waals surface area contributed by atoms with Crippen LogP contribution < -0.4 is 16.4 Å². The van der Waals surface area contributed by atoms with Crippen molar-refractivity contribution in [3.8, 4) is 0 Å². The van der Waals surface area contributed by atoms with Crippen molar-refractivity contribution in [3.63, 3.8) is 0 Å². The third-order valence-corrected chi connectivity index (χ3v) is 2.95. The van der Waals surface area contributed by atoms with Crippen molar-refractivity contribution in [2.75, 3.05) is 23.7 Å². The predicted octanol–water partition coefficient (Wildman–Crippen LogP) is 0.795. The summed E-state index contributed by atoms with van der Waals surface area (Å²) in [6, 6.07) is 2.29. The zero-order chi connectivity index (χ0) is 12.4. The van der Waals surface area contributed by atoms with Crippen LogP contribution in [0, 0.1) is 5.92 Å². The molecular weight excluding hydrogens is 214 g/mol. The first kappa shape index (κ1) is 12.1. The largest absolute Gasteiger partial charge is 0.368 e. The van der Waals surface area contributed by atoms with Gasteiger partial charge in [0, 0.05) is 30.9 Å². The van der Waals surface area contributed by atoms with E-state index < -0.39 is 0 Å². The highest BCUT2D eigenvalue weighted by atomic mass is 15.2. The highest BCUT2D eigenvalue weighted by Crippen LogP contribution is 2.20. The Kier molecular flexibility index (Phi) is 3.47. The van der Waals surface area contributed by atoms with E-state index >= 15 is 0 Å². The summed E-state index contributed by atoms with van der Waals surface area (Å²) >= 11 is 0. The SMILES string of the molecule is CC(C)Cc1cc(N2CCC(N)C2)nc(N)n1. The first-order valence-electron chi connectivity index (χ1n) is 6.18. The van der Waals surface area contributed by atoms with Crippen LogP contribution in [0.5, 0.6) is 0 Å². The Morgan fingerprint density at radius 3 is 2.82 bits per heavy atom. The Balaban J connectivity index is 2.19. The lowest BCUT2D eigenvalue weighted by Gasteiger charge is -2.18. The second kappa shape index (κ2) is 4.87. The molecule has 1 atom stereocenters. The zero-order valence-electron chi connectivity index (χ0n) is 10.6. The van der Waals surface area contributed by atoms with Gasteiger partial charge in [0.25, 0.3) is 0 Å². The first-order valence-corrected chi connectivity index (χ1v) is 6.18. The van der Waals surface area contributed by atoms with Gasteiger partial charge in [-0.05, 0) is 18.8 Å². The maximum atomic E-state index is 5.90. The van der Waals surface area contributed by atoms with Crippen molar-refractivity contribution in [2.45, 2.75) is 32.7 Å². The molecule has 1 unspecified atom stereocenters. The molecule has 0 bridgehead atoms. The van der Waals surface area contributed by atoms with Crippen LogP contribution in [-0.4, -0.2) is 29.1 Å². The minimum absolute atomic E-state index is 0.250. The van der Waals surface area contributed by atoms with E-state index in [9.17, 15) is 0 Å². The number of aromatic nitrogens is 2. The van der Waals surface area contributed by atoms with Gasteiger partial charge in [-0.2, -0.15) is 4.98 Å². The molecule has 1 saturated heterocycles. The van der Waals surface area contributed by atoms with Gasteiger partial charge in [0.1, 0.15) is 5.82 Å². The van der Waals surface area contributed by atoms with Gasteiger partial charge in [-0.1, -0.05) is 13.8 Å². The van der Waals surface area contributed by atoms with E-state index in [1.54, 1.807) is 0 Å². The molecule has 0 aromatic carbocycles. The molecule has 1 aromatic heterocycles. The molecule has 0 saturated carbocycles. The van der Waals surface area contributed by atoms with E-state index in [-0.39, 0.29) is 6.04 Å². The van der Waals surface area contributed by atoms with Gasteiger partial charge in [0.05, 0.1) is 0 Å². The average Bonchev–Trinajstić information content (AvgIpc) is 2.62. The maximum Gasteiger partial charge on any atom is 0.222 e. The summed E-state index contributed by atoms with van der Waals surface area (Å²) in [5.74, 6) is 1.85. The summed E-state index contributed by atoms with van der Waals surface area (Å²) < 4.78 is 0. The first-order chi connectivity index (χ1) is 8.04. The fourth-order valence-corrected chi connectivity index (χ4v) is 2.18. The van der Waals surface area contributed by atoms with Crippen LogP contribution in [0.25, 0.3) is 0 Å². The van der Waals surface area contributed by atoms with Crippen LogP contribution in [-0.2, 0) is 6.42 Å². The van der Waals surface area contributed by atoms with Crippen LogP contribution in [0.3, 0.4) is 0 Å². The number of nitrogens with zero attached hydrogens (tertiary/aromatic N) is 3. The topological polar surface area (TPSA) is 81.1 Å². The fourth-order valence-electron chi connectivity index (χ4n) is 2.18. The van der Waals surface area contributed by atoms with Gasteiger partial charge >= 0.3 is 0 Å². The van der Waals surface area contributed by atoms with E-state index in [0.717, 1.165) is 37.4 Å². The normalized spacial score (nSPS) is 20.2. The number of nitrogen functional groups attached to an aromatic ring is 1. The molecule has 0 aliphatic carbocycles. The van der Waals surface area contributed by atoms with Crippen LogP contribution in [0.4, 0.5) is 11.8 Å². The molecule has 5 nitrogen and oxygen atoms in total. The lowest BCUT2D eigenvalue weighted by atomic mass is 10.1. The Morgan fingerprint density at radius 1 is 1.47 bits per heavy atom. The van der Waals surface area contributed by atoms with Crippen molar-refractivity contribution >= 4 is 11.8 Å². The summed E-state index contributed by atoms with van der Waals surface area (Å²) in [6.45, 7) is 6.16. The molecule has 0 spiro atoms. The average molecular weight is 235 g/mol. The third kappa shape index (κ3) is 3.06. The van der Waals surface area contributed by atoms with E-state index in [4.69, 9.17) is 11.5 Å². The molecule has 0 radical (unpaired) electrons. The molecule has 1 aliphatic heterocycles. The highest BCUT2D eigenvalue weighted by molar-refractivity contribution is 5.44. The van der Waals surface area contributed by atoms with Crippen molar-refractivity contribution in [3.05, 3.63) is 11.8 Å². The third-order valence-electron chi connectivity index (χ3n) is 2.95. The molecule has 2 rings (SSSR count). The van der Waals surface area contributed by atoms with E-state index in [1.165, 1.54) is 0 Å². The molecule has 4 N–H and O–H groups in total. The second-order valence-corrected chi connectivity index (χ2v) is 5.17. The van der Waals surface area contributed by atoms with Gasteiger partial charge < -0.3 is 16.4 Å². The predicted molar refractivity (Wildman–Crippen MR) is 69.8 cm³/mol. The Labute approximate surface area is 102 Å². The lowest BCUT2D eigenvalue weighted by molar-refractivity contribution is 0.634. The van der Waals surface area contributed by atoms with Gasteiger partial charge in [-0.15, -0.1) is 0 Å². The number of rotatable bonds is 3. The molecule has 17 heavy (non-hydrogen) atoms. The van der Waals surface area contributed by atoms with E-state index in [2.05, 4.69) is 28.7 Å². The van der Waals surface area contributed by atoms with Crippen molar-refractivity contribution in [2.24, 2.45) is 11.7 Å². The van der Waals surface area contributed by atoms with Crippen molar-refractivity contribution in [1.82, 2.24) is 9.97 Å². The van der Waals surface area contributed by atoms with Crippen LogP contribution in [0.1, 0.15) is 26.0 Å². The van der Waals surface area contributed by atoms with Gasteiger partial charge in [-0.25, -0.2) is 4.98 Å². The number of hydrogen-bond donors (Lipinski definition) is 2. The van der Waals surface area contributed by atoms with E-state index in [1.807, 2.05) is 6.07 Å². The molecule has 1 fully saturated rings. The molecule has 2 heterocycles. The summed E-state index contributed by atoms with van der Waals surface area (Å²) in [6.07, 6.45) is 1.95. The van der Waals surface area contributed by atoms with E-state index in [0.29, 0.717) is 11.9 Å². The van der Waals surface area contributed by atoms with Gasteiger partial charge in [-0.3, -0.25) is 0 Å². The fraction of sp³-hybridized carbons (Fsp3) is 0.667. The molecule has 1 aliphatic rings.